The maximum absolute atomic E-state index is 12.7. The number of anilines is 1. The van der Waals surface area contributed by atoms with E-state index in [4.69, 9.17) is 17.3 Å². The number of carbonyl (C=O) groups is 2. The van der Waals surface area contributed by atoms with Crippen LogP contribution in [0.3, 0.4) is 0 Å². The van der Waals surface area contributed by atoms with E-state index in [1.807, 2.05) is 0 Å². The molecule has 3 rings (SSSR count). The van der Waals surface area contributed by atoms with Crippen LogP contribution >= 0.6 is 22.9 Å². The Hall–Kier alpha value is -2.74. The summed E-state index contributed by atoms with van der Waals surface area (Å²) in [6.45, 7) is 0. The number of thiazole rings is 1. The Kier molecular flexibility index (Phi) is 5.75. The van der Waals surface area contributed by atoms with Gasteiger partial charge in [-0.05, 0) is 17.7 Å². The minimum atomic E-state index is -4.85. The zero-order valence-electron chi connectivity index (χ0n) is 14.6. The first kappa shape index (κ1) is 21.0. The number of aromatic nitrogens is 1. The molecule has 1 aliphatic heterocycles. The van der Waals surface area contributed by atoms with Crippen LogP contribution in [-0.2, 0) is 24.7 Å². The predicted molar refractivity (Wildman–Crippen MR) is 105 cm³/mol. The first-order chi connectivity index (χ1) is 13.6. The average molecular weight is 460 g/mol. The number of hydrogen-bond acceptors (Lipinski definition) is 9. The molecule has 0 spiro atoms. The van der Waals surface area contributed by atoms with E-state index < -0.39 is 34.2 Å². The molecule has 1 fully saturated rings. The summed E-state index contributed by atoms with van der Waals surface area (Å²) in [6, 6.07) is 3.45. The fourth-order valence-corrected chi connectivity index (χ4v) is 4.30. The van der Waals surface area contributed by atoms with Gasteiger partial charge in [0.2, 0.25) is 0 Å². The Labute approximate surface area is 174 Å². The number of nitrogen functional groups attached to an aromatic ring is 1. The quantitative estimate of drug-likeness (QED) is 0.244. The van der Waals surface area contributed by atoms with E-state index in [1.165, 1.54) is 36.8 Å². The first-order valence-electron chi connectivity index (χ1n) is 7.83. The molecule has 11 nitrogen and oxygen atoms in total. The third-order valence-corrected chi connectivity index (χ3v) is 5.79. The van der Waals surface area contributed by atoms with Gasteiger partial charge in [0.05, 0.1) is 0 Å². The molecule has 14 heteroatoms. The normalized spacial score (nSPS) is 19.6. The van der Waals surface area contributed by atoms with Crippen molar-refractivity contribution in [3.05, 3.63) is 45.9 Å². The third kappa shape index (κ3) is 4.17. The van der Waals surface area contributed by atoms with E-state index in [2.05, 4.69) is 20.3 Å². The van der Waals surface area contributed by atoms with Gasteiger partial charge in [0.25, 0.3) is 11.8 Å². The van der Waals surface area contributed by atoms with Crippen molar-refractivity contribution in [2.24, 2.45) is 5.16 Å². The number of benzene rings is 1. The van der Waals surface area contributed by atoms with Gasteiger partial charge in [-0.3, -0.25) is 14.1 Å². The van der Waals surface area contributed by atoms with E-state index in [1.54, 1.807) is 0 Å². The Bertz CT molecular complexity index is 1080. The van der Waals surface area contributed by atoms with Crippen LogP contribution in [-0.4, -0.2) is 52.9 Å². The van der Waals surface area contributed by atoms with Crippen LogP contribution in [0.4, 0.5) is 5.13 Å². The number of nitrogens with two attached hydrogens (primary N) is 1. The number of hydrogen-bond donors (Lipinski definition) is 3. The largest absolute Gasteiger partial charge is 0.398 e. The fourth-order valence-electron chi connectivity index (χ4n) is 2.75. The highest BCUT2D eigenvalue weighted by molar-refractivity contribution is 7.84. The maximum Gasteiger partial charge on any atom is 0.362 e. The van der Waals surface area contributed by atoms with Crippen molar-refractivity contribution in [2.45, 2.75) is 12.1 Å². The predicted octanol–water partition coefficient (Wildman–Crippen LogP) is 0.600. The number of oxime groups is 1. The van der Waals surface area contributed by atoms with Gasteiger partial charge >= 0.3 is 10.3 Å². The number of halogens is 1. The van der Waals surface area contributed by atoms with E-state index in [0.29, 0.717) is 10.6 Å². The highest BCUT2D eigenvalue weighted by atomic mass is 35.5. The lowest BCUT2D eigenvalue weighted by Gasteiger charge is -2.44. The monoisotopic (exact) mass is 459 g/mol. The molecule has 2 atom stereocenters. The molecule has 0 saturated carbocycles. The van der Waals surface area contributed by atoms with Gasteiger partial charge < -0.3 is 15.9 Å². The summed E-state index contributed by atoms with van der Waals surface area (Å²) in [5.41, 5.74) is 5.76. The average Bonchev–Trinajstić information content (AvgIpc) is 3.07. The van der Waals surface area contributed by atoms with Crippen molar-refractivity contribution >= 4 is 55.9 Å². The molecule has 0 aliphatic carbocycles. The third-order valence-electron chi connectivity index (χ3n) is 3.96. The van der Waals surface area contributed by atoms with Crippen LogP contribution in [0.1, 0.15) is 17.3 Å². The zero-order valence-corrected chi connectivity index (χ0v) is 17.0. The number of rotatable bonds is 6. The number of nitrogens with one attached hydrogen (secondary N) is 1. The molecule has 1 aromatic heterocycles. The van der Waals surface area contributed by atoms with E-state index >= 15 is 0 Å². The van der Waals surface area contributed by atoms with Crippen molar-refractivity contribution in [3.8, 4) is 0 Å². The highest BCUT2D eigenvalue weighted by Crippen LogP contribution is 2.37. The molecule has 4 N–H and O–H groups in total. The van der Waals surface area contributed by atoms with Crippen molar-refractivity contribution in [1.29, 1.82) is 0 Å². The van der Waals surface area contributed by atoms with Crippen molar-refractivity contribution in [1.82, 2.24) is 14.6 Å². The summed E-state index contributed by atoms with van der Waals surface area (Å²) < 4.78 is 32.9. The van der Waals surface area contributed by atoms with Gasteiger partial charge in [-0.2, -0.15) is 8.42 Å². The topological polar surface area (TPSA) is 164 Å². The van der Waals surface area contributed by atoms with Crippen molar-refractivity contribution in [2.75, 3.05) is 12.8 Å². The molecule has 154 valence electrons. The van der Waals surface area contributed by atoms with Crippen molar-refractivity contribution < 1.29 is 27.4 Å². The minimum absolute atomic E-state index is 0.119. The Balaban J connectivity index is 1.91. The van der Waals surface area contributed by atoms with Gasteiger partial charge in [-0.15, -0.1) is 11.3 Å². The molecule has 1 aromatic carbocycles. The van der Waals surface area contributed by atoms with E-state index in [9.17, 15) is 22.6 Å². The summed E-state index contributed by atoms with van der Waals surface area (Å²) in [6.07, 6.45) is 0. The first-order valence-corrected chi connectivity index (χ1v) is 10.5. The van der Waals surface area contributed by atoms with Crippen LogP contribution < -0.4 is 11.1 Å². The number of β-lactam (4-membered cyclic amide) rings is 1. The molecule has 29 heavy (non-hydrogen) atoms. The fraction of sp³-hybridized carbons (Fsp3) is 0.200. The van der Waals surface area contributed by atoms with Crippen LogP contribution in [0.25, 0.3) is 0 Å². The highest BCUT2D eigenvalue weighted by Gasteiger charge is 2.55. The SMILES string of the molecule is CO/N=C(\C(=O)N[C@H]1C(=O)N(S(=O)(=O)O)[C@H]1c1ccc(Cl)cc1)c1csc(N)n1. The molecule has 0 unspecified atom stereocenters. The zero-order chi connectivity index (χ0) is 21.3. The maximum atomic E-state index is 12.7. The molecule has 2 aromatic rings. The van der Waals surface area contributed by atoms with Crippen LogP contribution in [0, 0.1) is 0 Å². The van der Waals surface area contributed by atoms with Gasteiger partial charge in [0.1, 0.15) is 24.9 Å². The van der Waals surface area contributed by atoms with E-state index in [0.717, 1.165) is 11.3 Å². The molecular weight excluding hydrogens is 446 g/mol. The molecule has 2 amide bonds. The summed E-state index contributed by atoms with van der Waals surface area (Å²) >= 11 is 6.90. The molecule has 1 saturated heterocycles. The summed E-state index contributed by atoms with van der Waals surface area (Å²) in [7, 11) is -3.64. The van der Waals surface area contributed by atoms with Gasteiger partial charge in [0, 0.05) is 10.4 Å². The van der Waals surface area contributed by atoms with Crippen LogP contribution in [0.15, 0.2) is 34.8 Å². The molecule has 2 heterocycles. The lowest BCUT2D eigenvalue weighted by Crippen LogP contribution is -2.67. The van der Waals surface area contributed by atoms with Gasteiger partial charge in [-0.1, -0.05) is 28.9 Å². The minimum Gasteiger partial charge on any atom is -0.398 e. The Morgan fingerprint density at radius 3 is 2.59 bits per heavy atom. The summed E-state index contributed by atoms with van der Waals surface area (Å²) in [5, 5.41) is 8.04. The molecule has 0 bridgehead atoms. The number of nitrogens with zero attached hydrogens (tertiary/aromatic N) is 3. The Morgan fingerprint density at radius 2 is 2.07 bits per heavy atom. The van der Waals surface area contributed by atoms with Gasteiger partial charge in [-0.25, -0.2) is 9.29 Å². The second-order valence-electron chi connectivity index (χ2n) is 5.75. The molecular formula is C15H14ClN5O6S2. The standard InChI is InChI=1S/C15H14ClN5O6S2/c1-27-20-10(9-6-28-15(17)18-9)13(22)19-11-12(7-2-4-8(16)5-3-7)21(14(11)23)29(24,25)26/h2-6,11-12H,1H3,(H2,17,18)(H,19,22)(H,24,25,26)/b20-10-/t11-,12+/m1/s1. The van der Waals surface area contributed by atoms with Crippen molar-refractivity contribution in [3.63, 3.8) is 0 Å². The lowest BCUT2D eigenvalue weighted by atomic mass is 9.91. The lowest BCUT2D eigenvalue weighted by molar-refractivity contribution is -0.145. The smallest absolute Gasteiger partial charge is 0.362 e. The summed E-state index contributed by atoms with van der Waals surface area (Å²) in [4.78, 5) is 33.6. The van der Waals surface area contributed by atoms with Crippen LogP contribution in [0.2, 0.25) is 5.02 Å². The second kappa shape index (κ2) is 7.94. The van der Waals surface area contributed by atoms with Gasteiger partial charge in [0.15, 0.2) is 10.8 Å². The van der Waals surface area contributed by atoms with Crippen LogP contribution in [0.5, 0.6) is 0 Å². The molecule has 0 radical (unpaired) electrons. The number of amides is 2. The van der Waals surface area contributed by atoms with E-state index in [-0.39, 0.29) is 20.8 Å². The Morgan fingerprint density at radius 1 is 1.41 bits per heavy atom. The second-order valence-corrected chi connectivity index (χ2v) is 8.37. The molecule has 1 aliphatic rings. The number of carbonyl (C=O) groups excluding carboxylic acids is 2. The summed E-state index contributed by atoms with van der Waals surface area (Å²) in [5.74, 6) is -1.86.